The van der Waals surface area contributed by atoms with Crippen LogP contribution in [-0.2, 0) is 0 Å². The number of rotatable bonds is 3. The van der Waals surface area contributed by atoms with Crippen molar-refractivity contribution in [2.24, 2.45) is 0 Å². The predicted octanol–water partition coefficient (Wildman–Crippen LogP) is 4.21. The lowest BCUT2D eigenvalue weighted by molar-refractivity contribution is 0.399. The molecule has 0 aromatic heterocycles. The minimum absolute atomic E-state index is 0.0365. The Morgan fingerprint density at radius 1 is 1.28 bits per heavy atom. The van der Waals surface area contributed by atoms with Gasteiger partial charge in [0.1, 0.15) is 11.6 Å². The largest absolute Gasteiger partial charge is 0.310 e. The smallest absolute Gasteiger partial charge is 0.131 e. The molecule has 1 aliphatic carbocycles. The van der Waals surface area contributed by atoms with E-state index >= 15 is 0 Å². The first kappa shape index (κ1) is 13.5. The van der Waals surface area contributed by atoms with Crippen LogP contribution >= 0.6 is 0 Å². The molecule has 3 heteroatoms. The van der Waals surface area contributed by atoms with E-state index < -0.39 is 0 Å². The molecule has 1 aromatic rings. The Labute approximate surface area is 108 Å². The highest BCUT2D eigenvalue weighted by Gasteiger charge is 2.30. The van der Waals surface area contributed by atoms with Gasteiger partial charge >= 0.3 is 0 Å². The second kappa shape index (κ2) is 5.35. The van der Waals surface area contributed by atoms with Gasteiger partial charge in [0.15, 0.2) is 0 Å². The van der Waals surface area contributed by atoms with Crippen molar-refractivity contribution in [3.05, 3.63) is 34.4 Å². The molecule has 0 radical (unpaired) electrons. The van der Waals surface area contributed by atoms with E-state index in [2.05, 4.69) is 12.2 Å². The zero-order valence-electron chi connectivity index (χ0n) is 11.3. The molecular formula is C15H21F2N. The van der Waals surface area contributed by atoms with Crippen LogP contribution in [0.15, 0.2) is 6.07 Å². The van der Waals surface area contributed by atoms with Gasteiger partial charge in [-0.3, -0.25) is 0 Å². The van der Waals surface area contributed by atoms with E-state index in [1.54, 1.807) is 6.92 Å². The summed E-state index contributed by atoms with van der Waals surface area (Å²) in [6, 6.07) is 1.29. The molecule has 0 spiro atoms. The lowest BCUT2D eigenvalue weighted by atomic mass is 9.79. The Kier molecular flexibility index (Phi) is 4.00. The molecule has 0 heterocycles. The number of hydrogen-bond donors (Lipinski definition) is 1. The third kappa shape index (κ3) is 2.28. The van der Waals surface area contributed by atoms with Gasteiger partial charge in [0, 0.05) is 11.6 Å². The molecule has 18 heavy (non-hydrogen) atoms. The van der Waals surface area contributed by atoms with E-state index in [1.165, 1.54) is 6.07 Å². The number of benzene rings is 1. The third-order valence-electron chi connectivity index (χ3n) is 3.84. The van der Waals surface area contributed by atoms with Crippen LogP contribution in [0.1, 0.15) is 61.8 Å². The van der Waals surface area contributed by atoms with Crippen molar-refractivity contribution in [2.45, 2.75) is 52.0 Å². The van der Waals surface area contributed by atoms with Gasteiger partial charge in [-0.1, -0.05) is 13.8 Å². The molecule has 1 aromatic carbocycles. The van der Waals surface area contributed by atoms with E-state index in [0.717, 1.165) is 25.8 Å². The molecule has 0 fully saturated rings. The normalized spacial score (nSPS) is 22.9. The Hall–Kier alpha value is -0.960. The second-order valence-electron chi connectivity index (χ2n) is 5.30. The van der Waals surface area contributed by atoms with Crippen LogP contribution in [0.2, 0.25) is 0 Å². The molecule has 0 aliphatic heterocycles. The average Bonchev–Trinajstić information content (AvgIpc) is 2.34. The highest BCUT2D eigenvalue weighted by atomic mass is 19.1. The molecule has 0 bridgehead atoms. The molecule has 2 rings (SSSR count). The van der Waals surface area contributed by atoms with Gasteiger partial charge < -0.3 is 5.32 Å². The van der Waals surface area contributed by atoms with Crippen LogP contribution in [0, 0.1) is 18.6 Å². The van der Waals surface area contributed by atoms with Gasteiger partial charge in [0.2, 0.25) is 0 Å². The SMILES string of the molecule is CCCNC1CCC(C)c2c(F)cc(C)c(F)c21. The molecule has 0 amide bonds. The highest BCUT2D eigenvalue weighted by molar-refractivity contribution is 5.40. The van der Waals surface area contributed by atoms with Crippen LogP contribution < -0.4 is 5.32 Å². The molecule has 2 unspecified atom stereocenters. The summed E-state index contributed by atoms with van der Waals surface area (Å²) in [5, 5.41) is 3.34. The Balaban J connectivity index is 2.48. The van der Waals surface area contributed by atoms with Crippen LogP contribution in [0.3, 0.4) is 0 Å². The maximum absolute atomic E-state index is 14.3. The van der Waals surface area contributed by atoms with Crippen molar-refractivity contribution < 1.29 is 8.78 Å². The molecule has 1 nitrogen and oxygen atoms in total. The highest BCUT2D eigenvalue weighted by Crippen LogP contribution is 2.40. The number of hydrogen-bond acceptors (Lipinski definition) is 1. The van der Waals surface area contributed by atoms with Gasteiger partial charge in [-0.15, -0.1) is 0 Å². The van der Waals surface area contributed by atoms with Crippen molar-refractivity contribution in [2.75, 3.05) is 6.54 Å². The topological polar surface area (TPSA) is 12.0 Å². The van der Waals surface area contributed by atoms with Crippen LogP contribution in [-0.4, -0.2) is 6.54 Å². The second-order valence-corrected chi connectivity index (χ2v) is 5.30. The van der Waals surface area contributed by atoms with Crippen LogP contribution in [0.4, 0.5) is 8.78 Å². The molecule has 100 valence electrons. The predicted molar refractivity (Wildman–Crippen MR) is 69.8 cm³/mol. The fourth-order valence-corrected chi connectivity index (χ4v) is 2.86. The van der Waals surface area contributed by atoms with Crippen molar-refractivity contribution in [3.63, 3.8) is 0 Å². The maximum Gasteiger partial charge on any atom is 0.131 e. The van der Waals surface area contributed by atoms with Gasteiger partial charge in [-0.25, -0.2) is 8.78 Å². The van der Waals surface area contributed by atoms with Gasteiger partial charge in [0.25, 0.3) is 0 Å². The maximum atomic E-state index is 14.3. The molecule has 2 atom stereocenters. The summed E-state index contributed by atoms with van der Waals surface area (Å²) in [4.78, 5) is 0. The number of nitrogens with one attached hydrogen (secondary N) is 1. The zero-order chi connectivity index (χ0) is 13.3. The number of aryl methyl sites for hydroxylation is 1. The minimum Gasteiger partial charge on any atom is -0.310 e. The molecule has 0 saturated carbocycles. The lowest BCUT2D eigenvalue weighted by Gasteiger charge is -2.31. The van der Waals surface area contributed by atoms with E-state index in [4.69, 9.17) is 0 Å². The molecule has 1 N–H and O–H groups in total. The van der Waals surface area contributed by atoms with Crippen LogP contribution in [0.5, 0.6) is 0 Å². The van der Waals surface area contributed by atoms with Gasteiger partial charge in [-0.2, -0.15) is 0 Å². The first-order chi connectivity index (χ1) is 8.56. The summed E-state index contributed by atoms with van der Waals surface area (Å²) in [5.74, 6) is -0.374. The number of halogens is 2. The summed E-state index contributed by atoms with van der Waals surface area (Å²) in [6.45, 7) is 6.53. The summed E-state index contributed by atoms with van der Waals surface area (Å²) < 4.78 is 28.4. The first-order valence-corrected chi connectivity index (χ1v) is 6.78. The van der Waals surface area contributed by atoms with Crippen molar-refractivity contribution in [1.82, 2.24) is 5.32 Å². The zero-order valence-corrected chi connectivity index (χ0v) is 11.3. The van der Waals surface area contributed by atoms with Crippen LogP contribution in [0.25, 0.3) is 0 Å². The lowest BCUT2D eigenvalue weighted by Crippen LogP contribution is -2.29. The standard InChI is InChI=1S/C15H21F2N/c1-4-7-18-12-6-5-9(2)13-11(16)8-10(3)15(17)14(12)13/h8-9,12,18H,4-7H2,1-3H3. The first-order valence-electron chi connectivity index (χ1n) is 6.78. The minimum atomic E-state index is -0.251. The molecular weight excluding hydrogens is 232 g/mol. The molecule has 0 saturated heterocycles. The van der Waals surface area contributed by atoms with E-state index in [1.807, 2.05) is 6.92 Å². The fourth-order valence-electron chi connectivity index (χ4n) is 2.86. The Morgan fingerprint density at radius 2 is 2.00 bits per heavy atom. The Bertz CT molecular complexity index is 443. The van der Waals surface area contributed by atoms with E-state index in [-0.39, 0.29) is 23.6 Å². The molecule has 1 aliphatic rings. The number of fused-ring (bicyclic) bond motifs is 1. The van der Waals surface area contributed by atoms with Crippen molar-refractivity contribution in [3.8, 4) is 0 Å². The quantitative estimate of drug-likeness (QED) is 0.850. The Morgan fingerprint density at radius 3 is 2.67 bits per heavy atom. The summed E-state index contributed by atoms with van der Waals surface area (Å²) >= 11 is 0. The average molecular weight is 253 g/mol. The van der Waals surface area contributed by atoms with Crippen molar-refractivity contribution >= 4 is 0 Å². The van der Waals surface area contributed by atoms with E-state index in [9.17, 15) is 8.78 Å². The summed E-state index contributed by atoms with van der Waals surface area (Å²) in [6.07, 6.45) is 2.79. The fraction of sp³-hybridized carbons (Fsp3) is 0.600. The third-order valence-corrected chi connectivity index (χ3v) is 3.84. The summed E-state index contributed by atoms with van der Waals surface area (Å²) in [5.41, 5.74) is 1.56. The van der Waals surface area contributed by atoms with E-state index in [0.29, 0.717) is 16.7 Å². The van der Waals surface area contributed by atoms with Gasteiger partial charge in [-0.05, 0) is 55.8 Å². The summed E-state index contributed by atoms with van der Waals surface area (Å²) in [7, 11) is 0. The monoisotopic (exact) mass is 253 g/mol. The van der Waals surface area contributed by atoms with Crippen molar-refractivity contribution in [1.29, 1.82) is 0 Å². The van der Waals surface area contributed by atoms with Gasteiger partial charge in [0.05, 0.1) is 0 Å².